The van der Waals surface area contributed by atoms with Gasteiger partial charge in [-0.3, -0.25) is 0 Å². The van der Waals surface area contributed by atoms with Gasteiger partial charge in [0, 0.05) is 35.0 Å². The third-order valence-electron chi connectivity index (χ3n) is 2.95. The minimum Gasteiger partial charge on any atom is -0.308 e. The summed E-state index contributed by atoms with van der Waals surface area (Å²) in [5, 5.41) is 7.92. The van der Waals surface area contributed by atoms with Crippen LogP contribution in [0.3, 0.4) is 0 Å². The van der Waals surface area contributed by atoms with Gasteiger partial charge in [0.15, 0.2) is 0 Å². The SMILES string of the molecule is Cc1nc(C(C)NCC(C)c2nccs2)c(C)s1. The second-order valence-electron chi connectivity index (χ2n) is 4.58. The van der Waals surface area contributed by atoms with Crippen molar-refractivity contribution in [2.75, 3.05) is 6.54 Å². The van der Waals surface area contributed by atoms with Crippen molar-refractivity contribution in [1.29, 1.82) is 0 Å². The summed E-state index contributed by atoms with van der Waals surface area (Å²) in [7, 11) is 0. The third kappa shape index (κ3) is 3.16. The molecule has 0 fully saturated rings. The van der Waals surface area contributed by atoms with Crippen molar-refractivity contribution in [3.63, 3.8) is 0 Å². The molecule has 1 N–H and O–H groups in total. The molecule has 2 rings (SSSR count). The standard InChI is InChI=1S/C13H19N3S2/c1-8(13-14-5-6-17-13)7-15-9(2)12-10(3)18-11(4)16-12/h5-6,8-9,15H,7H2,1-4H3. The smallest absolute Gasteiger partial charge is 0.0965 e. The van der Waals surface area contributed by atoms with Gasteiger partial charge in [-0.05, 0) is 20.8 Å². The van der Waals surface area contributed by atoms with Gasteiger partial charge in [0.25, 0.3) is 0 Å². The van der Waals surface area contributed by atoms with E-state index in [1.807, 2.05) is 11.6 Å². The molecule has 2 atom stereocenters. The Labute approximate surface area is 116 Å². The maximum atomic E-state index is 4.59. The van der Waals surface area contributed by atoms with E-state index in [4.69, 9.17) is 0 Å². The lowest BCUT2D eigenvalue weighted by Crippen LogP contribution is -2.24. The predicted molar refractivity (Wildman–Crippen MR) is 78.5 cm³/mol. The van der Waals surface area contributed by atoms with Gasteiger partial charge in [-0.15, -0.1) is 22.7 Å². The minimum atomic E-state index is 0.303. The Kier molecular flexibility index (Phi) is 4.48. The summed E-state index contributed by atoms with van der Waals surface area (Å²) in [4.78, 5) is 10.3. The molecule has 0 saturated carbocycles. The highest BCUT2D eigenvalue weighted by molar-refractivity contribution is 7.11. The number of nitrogens with zero attached hydrogens (tertiary/aromatic N) is 2. The van der Waals surface area contributed by atoms with Gasteiger partial charge in [0.2, 0.25) is 0 Å². The van der Waals surface area contributed by atoms with Crippen LogP contribution in [-0.2, 0) is 0 Å². The molecule has 0 saturated heterocycles. The molecule has 2 aromatic heterocycles. The molecule has 2 heterocycles. The molecule has 0 amide bonds. The van der Waals surface area contributed by atoms with E-state index in [1.165, 1.54) is 15.6 Å². The fraction of sp³-hybridized carbons (Fsp3) is 0.538. The Morgan fingerprint density at radius 3 is 2.67 bits per heavy atom. The number of aryl methyl sites for hydroxylation is 2. The summed E-state index contributed by atoms with van der Waals surface area (Å²) in [5.41, 5.74) is 1.18. The average Bonchev–Trinajstić information content (AvgIpc) is 2.95. The molecule has 3 nitrogen and oxygen atoms in total. The van der Waals surface area contributed by atoms with E-state index in [1.54, 1.807) is 22.7 Å². The van der Waals surface area contributed by atoms with Crippen molar-refractivity contribution in [1.82, 2.24) is 15.3 Å². The Morgan fingerprint density at radius 1 is 1.33 bits per heavy atom. The largest absolute Gasteiger partial charge is 0.308 e. The number of aromatic nitrogens is 2. The fourth-order valence-corrected chi connectivity index (χ4v) is 3.57. The summed E-state index contributed by atoms with van der Waals surface area (Å²) in [6.07, 6.45) is 1.87. The van der Waals surface area contributed by atoms with Crippen LogP contribution in [0.1, 0.15) is 46.4 Å². The maximum Gasteiger partial charge on any atom is 0.0965 e. The van der Waals surface area contributed by atoms with Crippen molar-refractivity contribution < 1.29 is 0 Å². The van der Waals surface area contributed by atoms with Gasteiger partial charge < -0.3 is 5.32 Å². The van der Waals surface area contributed by atoms with Gasteiger partial charge in [-0.2, -0.15) is 0 Å². The maximum absolute atomic E-state index is 4.59. The number of nitrogens with one attached hydrogen (secondary N) is 1. The van der Waals surface area contributed by atoms with Crippen LogP contribution in [-0.4, -0.2) is 16.5 Å². The van der Waals surface area contributed by atoms with Gasteiger partial charge in [0.1, 0.15) is 0 Å². The van der Waals surface area contributed by atoms with Crippen LogP contribution >= 0.6 is 22.7 Å². The monoisotopic (exact) mass is 281 g/mol. The molecule has 0 aliphatic carbocycles. The highest BCUT2D eigenvalue weighted by Crippen LogP contribution is 2.23. The molecule has 0 radical (unpaired) electrons. The van der Waals surface area contributed by atoms with Gasteiger partial charge in [0.05, 0.1) is 15.7 Å². The zero-order valence-electron chi connectivity index (χ0n) is 11.2. The second kappa shape index (κ2) is 5.91. The van der Waals surface area contributed by atoms with Crippen LogP contribution < -0.4 is 5.32 Å². The molecular formula is C13H19N3S2. The summed E-state index contributed by atoms with van der Waals surface area (Å²) in [5.74, 6) is 0.451. The first kappa shape index (κ1) is 13.6. The van der Waals surface area contributed by atoms with Crippen molar-refractivity contribution in [3.05, 3.63) is 32.2 Å². The Hall–Kier alpha value is -0.780. The molecule has 18 heavy (non-hydrogen) atoms. The minimum absolute atomic E-state index is 0.303. The highest BCUT2D eigenvalue weighted by atomic mass is 32.1. The third-order valence-corrected chi connectivity index (χ3v) is 4.86. The topological polar surface area (TPSA) is 37.8 Å². The van der Waals surface area contributed by atoms with E-state index >= 15 is 0 Å². The zero-order valence-corrected chi connectivity index (χ0v) is 12.9. The Balaban J connectivity index is 1.92. The summed E-state index contributed by atoms with van der Waals surface area (Å²) >= 11 is 3.49. The summed E-state index contributed by atoms with van der Waals surface area (Å²) in [6.45, 7) is 9.52. The van der Waals surface area contributed by atoms with Crippen molar-refractivity contribution in [3.8, 4) is 0 Å². The van der Waals surface area contributed by atoms with Gasteiger partial charge in [-0.1, -0.05) is 6.92 Å². The van der Waals surface area contributed by atoms with Crippen LogP contribution in [0.5, 0.6) is 0 Å². The number of hydrogen-bond acceptors (Lipinski definition) is 5. The van der Waals surface area contributed by atoms with E-state index < -0.39 is 0 Å². The fourth-order valence-electron chi connectivity index (χ4n) is 1.96. The number of rotatable bonds is 5. The van der Waals surface area contributed by atoms with E-state index in [0.29, 0.717) is 12.0 Å². The Morgan fingerprint density at radius 2 is 2.11 bits per heavy atom. The lowest BCUT2D eigenvalue weighted by Gasteiger charge is -2.15. The number of hydrogen-bond donors (Lipinski definition) is 1. The van der Waals surface area contributed by atoms with Crippen molar-refractivity contribution in [2.45, 2.75) is 39.7 Å². The first-order chi connectivity index (χ1) is 8.58. The van der Waals surface area contributed by atoms with Gasteiger partial charge >= 0.3 is 0 Å². The predicted octanol–water partition coefficient (Wildman–Crippen LogP) is 3.67. The highest BCUT2D eigenvalue weighted by Gasteiger charge is 2.15. The second-order valence-corrected chi connectivity index (χ2v) is 6.91. The van der Waals surface area contributed by atoms with E-state index in [9.17, 15) is 0 Å². The molecule has 2 aromatic rings. The summed E-state index contributed by atoms with van der Waals surface area (Å²) < 4.78 is 0. The van der Waals surface area contributed by atoms with E-state index in [2.05, 4.69) is 43.0 Å². The molecule has 2 unspecified atom stereocenters. The molecule has 0 aliphatic rings. The lowest BCUT2D eigenvalue weighted by atomic mass is 10.1. The van der Waals surface area contributed by atoms with E-state index in [-0.39, 0.29) is 0 Å². The van der Waals surface area contributed by atoms with Crippen molar-refractivity contribution in [2.24, 2.45) is 0 Å². The van der Waals surface area contributed by atoms with Gasteiger partial charge in [-0.25, -0.2) is 9.97 Å². The van der Waals surface area contributed by atoms with Crippen molar-refractivity contribution >= 4 is 22.7 Å². The quantitative estimate of drug-likeness (QED) is 0.908. The molecule has 98 valence electrons. The van der Waals surface area contributed by atoms with Crippen LogP contribution in [0.4, 0.5) is 0 Å². The van der Waals surface area contributed by atoms with E-state index in [0.717, 1.165) is 11.6 Å². The molecule has 0 aliphatic heterocycles. The first-order valence-electron chi connectivity index (χ1n) is 6.14. The van der Waals surface area contributed by atoms with Crippen LogP contribution in [0.2, 0.25) is 0 Å². The van der Waals surface area contributed by atoms with Crippen LogP contribution in [0.25, 0.3) is 0 Å². The first-order valence-corrected chi connectivity index (χ1v) is 7.84. The van der Waals surface area contributed by atoms with Crippen LogP contribution in [0.15, 0.2) is 11.6 Å². The summed E-state index contributed by atoms with van der Waals surface area (Å²) in [6, 6.07) is 0.303. The zero-order chi connectivity index (χ0) is 13.1. The molecule has 0 bridgehead atoms. The van der Waals surface area contributed by atoms with Crippen LogP contribution in [0, 0.1) is 13.8 Å². The molecule has 5 heteroatoms. The molecular weight excluding hydrogens is 262 g/mol. The average molecular weight is 281 g/mol. The molecule has 0 spiro atoms. The lowest BCUT2D eigenvalue weighted by molar-refractivity contribution is 0.526. The number of thiazole rings is 2. The Bertz CT molecular complexity index is 490. The normalized spacial score (nSPS) is 14.7. The molecule has 0 aromatic carbocycles.